The van der Waals surface area contributed by atoms with Crippen molar-refractivity contribution >= 4 is 23.1 Å². The molecule has 0 saturated heterocycles. The Labute approximate surface area is 175 Å². The van der Waals surface area contributed by atoms with Crippen LogP contribution >= 0.6 is 0 Å². The van der Waals surface area contributed by atoms with E-state index in [1.54, 1.807) is 6.20 Å². The van der Waals surface area contributed by atoms with Crippen molar-refractivity contribution in [3.05, 3.63) is 59.8 Å². The third-order valence-electron chi connectivity index (χ3n) is 5.37. The van der Waals surface area contributed by atoms with E-state index in [4.69, 9.17) is 9.47 Å². The maximum absolute atomic E-state index is 12.9. The lowest BCUT2D eigenvalue weighted by Gasteiger charge is -2.24. The molecule has 6 heteroatoms. The van der Waals surface area contributed by atoms with Gasteiger partial charge in [-0.15, -0.1) is 0 Å². The summed E-state index contributed by atoms with van der Waals surface area (Å²) in [6, 6.07) is 13.3. The summed E-state index contributed by atoms with van der Waals surface area (Å²) in [6.07, 6.45) is 3.41. The molecular weight excluding hydrogens is 380 g/mol. The smallest absolute Gasteiger partial charge is 0.240 e. The summed E-state index contributed by atoms with van der Waals surface area (Å²) in [6.45, 7) is 5.55. The number of amides is 1. The van der Waals surface area contributed by atoms with E-state index in [2.05, 4.69) is 19.2 Å². The van der Waals surface area contributed by atoms with Crippen LogP contribution in [0.3, 0.4) is 0 Å². The molecule has 3 aromatic rings. The van der Waals surface area contributed by atoms with Gasteiger partial charge in [0.2, 0.25) is 5.91 Å². The van der Waals surface area contributed by atoms with Crippen molar-refractivity contribution in [1.82, 2.24) is 9.88 Å². The lowest BCUT2D eigenvalue weighted by atomic mass is 9.95. The van der Waals surface area contributed by atoms with Gasteiger partial charge in [-0.2, -0.15) is 0 Å². The van der Waals surface area contributed by atoms with Crippen LogP contribution in [0.5, 0.6) is 11.5 Å². The van der Waals surface area contributed by atoms with Crippen LogP contribution < -0.4 is 14.8 Å². The maximum Gasteiger partial charge on any atom is 0.240 e. The van der Waals surface area contributed by atoms with Crippen LogP contribution in [-0.4, -0.2) is 30.0 Å². The molecule has 4 rings (SSSR count). The molecule has 1 aliphatic heterocycles. The average molecular weight is 406 g/mol. The number of para-hydroxylation sites is 1. The van der Waals surface area contributed by atoms with Gasteiger partial charge < -0.3 is 19.4 Å². The standard InChI is InChI=1S/C24H26N2O4/c1-16(2)24(17-8-9-21-22(12-17)30-11-5-10-29-21)25-23(28)14-26-13-18(15-27)19-6-3-4-7-20(19)26/h3-4,6-9,12-13,15-16,24H,5,10-11,14H2,1-2H3,(H,25,28). The number of hydrogen-bond acceptors (Lipinski definition) is 4. The Kier molecular flexibility index (Phi) is 5.74. The first kappa shape index (κ1) is 20.0. The van der Waals surface area contributed by atoms with Crippen LogP contribution in [-0.2, 0) is 11.3 Å². The van der Waals surface area contributed by atoms with E-state index in [0.29, 0.717) is 18.8 Å². The summed E-state index contributed by atoms with van der Waals surface area (Å²) in [5.41, 5.74) is 2.43. The number of fused-ring (bicyclic) bond motifs is 2. The minimum absolute atomic E-state index is 0.112. The van der Waals surface area contributed by atoms with E-state index in [9.17, 15) is 9.59 Å². The lowest BCUT2D eigenvalue weighted by molar-refractivity contribution is -0.122. The number of aldehydes is 1. The van der Waals surface area contributed by atoms with Gasteiger partial charge in [0.25, 0.3) is 0 Å². The number of aromatic nitrogens is 1. The first-order valence-electron chi connectivity index (χ1n) is 10.3. The molecule has 1 aliphatic rings. The number of rotatable bonds is 6. The normalized spacial score (nSPS) is 14.4. The average Bonchev–Trinajstić information content (AvgIpc) is 2.92. The Hall–Kier alpha value is -3.28. The topological polar surface area (TPSA) is 69.6 Å². The Morgan fingerprint density at radius 3 is 2.67 bits per heavy atom. The van der Waals surface area contributed by atoms with Crippen LogP contribution in [0.1, 0.15) is 42.2 Å². The molecule has 1 N–H and O–H groups in total. The van der Waals surface area contributed by atoms with Crippen LogP contribution in [0.15, 0.2) is 48.7 Å². The van der Waals surface area contributed by atoms with Crippen molar-refractivity contribution in [3.63, 3.8) is 0 Å². The monoisotopic (exact) mass is 406 g/mol. The van der Waals surface area contributed by atoms with Gasteiger partial charge in [-0.1, -0.05) is 38.1 Å². The summed E-state index contributed by atoms with van der Waals surface area (Å²) < 4.78 is 13.3. The van der Waals surface area contributed by atoms with Crippen LogP contribution in [0.25, 0.3) is 10.9 Å². The number of benzene rings is 2. The van der Waals surface area contributed by atoms with E-state index in [1.807, 2.05) is 47.0 Å². The van der Waals surface area contributed by atoms with E-state index in [0.717, 1.165) is 40.7 Å². The summed E-state index contributed by atoms with van der Waals surface area (Å²) >= 11 is 0. The van der Waals surface area contributed by atoms with Gasteiger partial charge in [0.15, 0.2) is 17.8 Å². The number of ether oxygens (including phenoxy) is 2. The second kappa shape index (κ2) is 8.61. The minimum Gasteiger partial charge on any atom is -0.490 e. The van der Waals surface area contributed by atoms with E-state index < -0.39 is 0 Å². The predicted molar refractivity (Wildman–Crippen MR) is 115 cm³/mol. The van der Waals surface area contributed by atoms with Gasteiger partial charge >= 0.3 is 0 Å². The van der Waals surface area contributed by atoms with Crippen molar-refractivity contribution < 1.29 is 19.1 Å². The van der Waals surface area contributed by atoms with E-state index in [1.165, 1.54) is 0 Å². The molecule has 2 aromatic carbocycles. The summed E-state index contributed by atoms with van der Waals surface area (Å²) in [4.78, 5) is 24.3. The molecule has 1 unspecified atom stereocenters. The Balaban J connectivity index is 1.55. The fourth-order valence-electron chi connectivity index (χ4n) is 3.88. The largest absolute Gasteiger partial charge is 0.490 e. The Bertz CT molecular complexity index is 1070. The molecule has 30 heavy (non-hydrogen) atoms. The highest BCUT2D eigenvalue weighted by Crippen LogP contribution is 2.34. The van der Waals surface area contributed by atoms with Crippen LogP contribution in [0, 0.1) is 5.92 Å². The molecule has 0 radical (unpaired) electrons. The highest BCUT2D eigenvalue weighted by Gasteiger charge is 2.22. The fraction of sp³-hybridized carbons (Fsp3) is 0.333. The molecule has 0 fully saturated rings. The van der Waals surface area contributed by atoms with Crippen molar-refractivity contribution in [2.45, 2.75) is 32.9 Å². The number of hydrogen-bond donors (Lipinski definition) is 1. The van der Waals surface area contributed by atoms with Gasteiger partial charge in [-0.3, -0.25) is 9.59 Å². The van der Waals surface area contributed by atoms with E-state index >= 15 is 0 Å². The molecule has 0 saturated carbocycles. The molecule has 0 bridgehead atoms. The molecule has 6 nitrogen and oxygen atoms in total. The zero-order valence-corrected chi connectivity index (χ0v) is 17.3. The van der Waals surface area contributed by atoms with Gasteiger partial charge in [-0.05, 0) is 29.7 Å². The van der Waals surface area contributed by atoms with Gasteiger partial charge in [-0.25, -0.2) is 0 Å². The Morgan fingerprint density at radius 1 is 1.13 bits per heavy atom. The first-order chi connectivity index (χ1) is 14.6. The molecule has 2 heterocycles. The molecule has 0 spiro atoms. The third kappa shape index (κ3) is 4.03. The molecule has 1 amide bonds. The molecular formula is C24H26N2O4. The van der Waals surface area contributed by atoms with Crippen molar-refractivity contribution in [2.24, 2.45) is 5.92 Å². The minimum atomic E-state index is -0.165. The van der Waals surface area contributed by atoms with Crippen molar-refractivity contribution in [2.75, 3.05) is 13.2 Å². The van der Waals surface area contributed by atoms with Crippen molar-refractivity contribution in [3.8, 4) is 11.5 Å². The number of nitrogens with zero attached hydrogens (tertiary/aromatic N) is 1. The Morgan fingerprint density at radius 2 is 1.90 bits per heavy atom. The summed E-state index contributed by atoms with van der Waals surface area (Å²) in [5, 5.41) is 4.00. The second-order valence-electron chi connectivity index (χ2n) is 7.89. The van der Waals surface area contributed by atoms with Crippen LogP contribution in [0.4, 0.5) is 0 Å². The number of carbonyl (C=O) groups is 2. The van der Waals surface area contributed by atoms with Gasteiger partial charge in [0.05, 0.1) is 19.3 Å². The number of carbonyl (C=O) groups excluding carboxylic acids is 2. The molecule has 156 valence electrons. The lowest BCUT2D eigenvalue weighted by Crippen LogP contribution is -2.34. The predicted octanol–water partition coefficient (Wildman–Crippen LogP) is 4.13. The SMILES string of the molecule is CC(C)C(NC(=O)Cn1cc(C=O)c2ccccc21)c1ccc2c(c1)OCCCO2. The van der Waals surface area contributed by atoms with E-state index in [-0.39, 0.29) is 24.4 Å². The summed E-state index contributed by atoms with van der Waals surface area (Å²) in [5.74, 6) is 1.53. The zero-order chi connectivity index (χ0) is 21.1. The summed E-state index contributed by atoms with van der Waals surface area (Å²) in [7, 11) is 0. The second-order valence-corrected chi connectivity index (χ2v) is 7.89. The molecule has 1 atom stereocenters. The highest BCUT2D eigenvalue weighted by molar-refractivity contribution is 5.98. The van der Waals surface area contributed by atoms with Gasteiger partial charge in [0.1, 0.15) is 6.54 Å². The van der Waals surface area contributed by atoms with Gasteiger partial charge in [0, 0.05) is 29.1 Å². The van der Waals surface area contributed by atoms with Crippen LogP contribution in [0.2, 0.25) is 0 Å². The molecule has 0 aliphatic carbocycles. The van der Waals surface area contributed by atoms with Crippen molar-refractivity contribution in [1.29, 1.82) is 0 Å². The highest BCUT2D eigenvalue weighted by atomic mass is 16.5. The fourth-order valence-corrected chi connectivity index (χ4v) is 3.88. The number of nitrogens with one attached hydrogen (secondary N) is 1. The maximum atomic E-state index is 12.9. The quantitative estimate of drug-likeness (QED) is 0.625. The first-order valence-corrected chi connectivity index (χ1v) is 10.3. The molecule has 1 aromatic heterocycles. The third-order valence-corrected chi connectivity index (χ3v) is 5.37. The zero-order valence-electron chi connectivity index (χ0n) is 17.3.